The van der Waals surface area contributed by atoms with E-state index in [4.69, 9.17) is 26.8 Å². The van der Waals surface area contributed by atoms with E-state index in [1.165, 1.54) is 0 Å². The van der Waals surface area contributed by atoms with Crippen LogP contribution in [0.2, 0.25) is 0 Å². The number of amides is 1. The molecule has 0 bridgehead atoms. The van der Waals surface area contributed by atoms with Crippen LogP contribution in [0.1, 0.15) is 30.2 Å². The average molecular weight is 252 g/mol. The minimum absolute atomic E-state index is 0. The van der Waals surface area contributed by atoms with Gasteiger partial charge in [0, 0.05) is 0 Å². The summed E-state index contributed by atoms with van der Waals surface area (Å²) < 4.78 is 4.77. The summed E-state index contributed by atoms with van der Waals surface area (Å²) in [7, 11) is 0. The maximum atomic E-state index is 10.6. The van der Waals surface area contributed by atoms with Gasteiger partial charge in [-0.2, -0.15) is 4.98 Å². The quantitative estimate of drug-likeness (QED) is 0.489. The second kappa shape index (κ2) is 6.38. The van der Waals surface area contributed by atoms with E-state index in [0.717, 1.165) is 0 Å². The zero-order valence-corrected chi connectivity index (χ0v) is 9.18. The fraction of sp³-hybridized carbons (Fsp3) is 0.571. The molecule has 0 saturated carbocycles. The second-order valence-electron chi connectivity index (χ2n) is 3.06. The Morgan fingerprint density at radius 1 is 1.44 bits per heavy atom. The van der Waals surface area contributed by atoms with Crippen LogP contribution in [0, 0.1) is 0 Å². The molecule has 8 nitrogen and oxygen atoms in total. The van der Waals surface area contributed by atoms with Gasteiger partial charge >= 0.3 is 0 Å². The second-order valence-corrected chi connectivity index (χ2v) is 3.06. The van der Waals surface area contributed by atoms with E-state index in [-0.39, 0.29) is 37.1 Å². The summed E-state index contributed by atoms with van der Waals surface area (Å²) in [6.45, 7) is -0.302. The molecule has 0 saturated heterocycles. The maximum Gasteiger partial charge on any atom is 0.244 e. The Morgan fingerprint density at radius 2 is 2.06 bits per heavy atom. The molecule has 9 heteroatoms. The van der Waals surface area contributed by atoms with Gasteiger partial charge in [-0.15, -0.1) is 12.4 Å². The predicted octanol–water partition coefficient (Wildman–Crippen LogP) is -1.64. The van der Waals surface area contributed by atoms with Crippen molar-refractivity contribution in [2.24, 2.45) is 17.2 Å². The lowest BCUT2D eigenvalue weighted by molar-refractivity contribution is -0.118. The summed E-state index contributed by atoms with van der Waals surface area (Å²) in [6, 6.07) is -1.46. The molecule has 0 aliphatic heterocycles. The van der Waals surface area contributed by atoms with Crippen LogP contribution < -0.4 is 17.2 Å². The van der Waals surface area contributed by atoms with Gasteiger partial charge in [0.05, 0.1) is 25.1 Å². The molecular formula is C7H14ClN5O3. The number of hydrogen-bond acceptors (Lipinski definition) is 7. The van der Waals surface area contributed by atoms with Crippen molar-refractivity contribution in [1.82, 2.24) is 10.1 Å². The lowest BCUT2D eigenvalue weighted by Gasteiger charge is -2.02. The number of primary amides is 1. The zero-order valence-electron chi connectivity index (χ0n) is 8.37. The van der Waals surface area contributed by atoms with Crippen LogP contribution in [0.5, 0.6) is 0 Å². The number of carbonyl (C=O) groups is 1. The highest BCUT2D eigenvalue weighted by Crippen LogP contribution is 2.13. The summed E-state index contributed by atoms with van der Waals surface area (Å²) in [5, 5.41) is 12.2. The van der Waals surface area contributed by atoms with Crippen LogP contribution in [0.4, 0.5) is 0 Å². The largest absolute Gasteiger partial charge is 0.394 e. The third kappa shape index (κ3) is 3.74. The fourth-order valence-electron chi connectivity index (χ4n) is 0.934. The molecule has 0 aliphatic carbocycles. The van der Waals surface area contributed by atoms with Gasteiger partial charge in [0.15, 0.2) is 5.82 Å². The molecule has 1 aromatic rings. The molecule has 0 aromatic carbocycles. The summed E-state index contributed by atoms with van der Waals surface area (Å²) in [6.07, 6.45) is -0.0873. The van der Waals surface area contributed by atoms with Crippen LogP contribution >= 0.6 is 12.4 Å². The third-order valence-electron chi connectivity index (χ3n) is 1.72. The monoisotopic (exact) mass is 251 g/mol. The number of carbonyl (C=O) groups excluding carboxylic acids is 1. The molecule has 0 spiro atoms. The van der Waals surface area contributed by atoms with Gasteiger partial charge in [-0.3, -0.25) is 4.79 Å². The summed E-state index contributed by atoms with van der Waals surface area (Å²) >= 11 is 0. The van der Waals surface area contributed by atoms with Crippen molar-refractivity contribution in [2.75, 3.05) is 6.61 Å². The highest BCUT2D eigenvalue weighted by atomic mass is 35.5. The molecule has 16 heavy (non-hydrogen) atoms. The summed E-state index contributed by atoms with van der Waals surface area (Å²) in [5.74, 6) is -0.339. The molecule has 0 fully saturated rings. The Hall–Kier alpha value is -1.22. The first-order valence-corrected chi connectivity index (χ1v) is 4.28. The Morgan fingerprint density at radius 3 is 2.56 bits per heavy atom. The minimum Gasteiger partial charge on any atom is -0.394 e. The lowest BCUT2D eigenvalue weighted by Crippen LogP contribution is -2.21. The Bertz CT molecular complexity index is 345. The van der Waals surface area contributed by atoms with Crippen LogP contribution in [0.15, 0.2) is 4.52 Å². The molecule has 1 aromatic heterocycles. The van der Waals surface area contributed by atoms with Crippen molar-refractivity contribution in [3.05, 3.63) is 11.7 Å². The van der Waals surface area contributed by atoms with Gasteiger partial charge in [-0.1, -0.05) is 5.16 Å². The SMILES string of the molecule is Cl.NC(=O)C[C@H](N)c1nc([C@@H](N)CO)no1. The number of aliphatic hydroxyl groups excluding tert-OH is 1. The molecule has 1 rings (SSSR count). The van der Waals surface area contributed by atoms with Crippen molar-refractivity contribution in [3.63, 3.8) is 0 Å². The first-order valence-electron chi connectivity index (χ1n) is 4.28. The summed E-state index contributed by atoms with van der Waals surface area (Å²) in [5.41, 5.74) is 15.9. The number of rotatable bonds is 5. The van der Waals surface area contributed by atoms with E-state index in [1.54, 1.807) is 0 Å². The van der Waals surface area contributed by atoms with Gasteiger partial charge < -0.3 is 26.8 Å². The molecular weight excluding hydrogens is 238 g/mol. The first kappa shape index (κ1) is 14.8. The van der Waals surface area contributed by atoms with E-state index in [0.29, 0.717) is 0 Å². The topological polar surface area (TPSA) is 154 Å². The average Bonchev–Trinajstić information content (AvgIpc) is 2.64. The van der Waals surface area contributed by atoms with Crippen LogP contribution in [0.25, 0.3) is 0 Å². The molecule has 0 radical (unpaired) electrons. The molecule has 0 aliphatic rings. The first-order chi connectivity index (χ1) is 7.04. The smallest absolute Gasteiger partial charge is 0.244 e. The van der Waals surface area contributed by atoms with E-state index in [1.807, 2.05) is 0 Å². The van der Waals surface area contributed by atoms with Gasteiger partial charge in [0.2, 0.25) is 11.8 Å². The molecule has 1 amide bonds. The van der Waals surface area contributed by atoms with Crippen LogP contribution in [-0.2, 0) is 4.79 Å². The third-order valence-corrected chi connectivity index (χ3v) is 1.72. The highest BCUT2D eigenvalue weighted by Gasteiger charge is 2.19. The molecule has 92 valence electrons. The van der Waals surface area contributed by atoms with Crippen LogP contribution in [0.3, 0.4) is 0 Å². The van der Waals surface area contributed by atoms with E-state index in [9.17, 15) is 4.79 Å². The standard InChI is InChI=1S/C7H13N5O3.ClH/c8-3(1-5(10)14)7-11-6(12-15-7)4(9)2-13;/h3-4,13H,1-2,8-9H2,(H2,10,14);1H/t3-,4-;/m0./s1. The lowest BCUT2D eigenvalue weighted by atomic mass is 10.2. The van der Waals surface area contributed by atoms with Gasteiger partial charge in [-0.25, -0.2) is 0 Å². The molecule has 2 atom stereocenters. The van der Waals surface area contributed by atoms with E-state index in [2.05, 4.69) is 10.1 Å². The number of aliphatic hydroxyl groups is 1. The Balaban J connectivity index is 0.00000225. The number of aromatic nitrogens is 2. The highest BCUT2D eigenvalue weighted by molar-refractivity contribution is 5.85. The number of nitrogens with two attached hydrogens (primary N) is 3. The van der Waals surface area contributed by atoms with Crippen molar-refractivity contribution in [1.29, 1.82) is 0 Å². The predicted molar refractivity (Wildman–Crippen MR) is 56.3 cm³/mol. The van der Waals surface area contributed by atoms with Gasteiger partial charge in [0.1, 0.15) is 0 Å². The van der Waals surface area contributed by atoms with Crippen molar-refractivity contribution < 1.29 is 14.4 Å². The fourth-order valence-corrected chi connectivity index (χ4v) is 0.934. The maximum absolute atomic E-state index is 10.6. The molecule has 1 heterocycles. The number of nitrogens with zero attached hydrogens (tertiary/aromatic N) is 2. The van der Waals surface area contributed by atoms with E-state index >= 15 is 0 Å². The van der Waals surface area contributed by atoms with Gasteiger partial charge in [-0.05, 0) is 0 Å². The van der Waals surface area contributed by atoms with E-state index < -0.39 is 18.0 Å². The van der Waals surface area contributed by atoms with Crippen molar-refractivity contribution in [3.8, 4) is 0 Å². The van der Waals surface area contributed by atoms with Crippen LogP contribution in [-0.4, -0.2) is 27.8 Å². The number of hydrogen-bond donors (Lipinski definition) is 4. The molecule has 0 unspecified atom stereocenters. The zero-order chi connectivity index (χ0) is 11.4. The van der Waals surface area contributed by atoms with Crippen molar-refractivity contribution in [2.45, 2.75) is 18.5 Å². The minimum atomic E-state index is -0.741. The Labute approximate surface area is 97.6 Å². The molecule has 7 N–H and O–H groups in total. The van der Waals surface area contributed by atoms with Crippen molar-refractivity contribution >= 4 is 18.3 Å². The number of halogens is 1. The van der Waals surface area contributed by atoms with Gasteiger partial charge in [0.25, 0.3) is 0 Å². The normalized spacial score (nSPS) is 13.9. The Kier molecular flexibility index (Phi) is 5.89. The summed E-state index contributed by atoms with van der Waals surface area (Å²) in [4.78, 5) is 14.4.